The summed E-state index contributed by atoms with van der Waals surface area (Å²) < 4.78 is 28.9. The lowest BCUT2D eigenvalue weighted by molar-refractivity contribution is -0.0494. The van der Waals surface area contributed by atoms with E-state index in [4.69, 9.17) is 0 Å². The van der Waals surface area contributed by atoms with E-state index in [1.165, 1.54) is 12.1 Å². The predicted octanol–water partition coefficient (Wildman–Crippen LogP) is 2.44. The normalized spacial score (nSPS) is 16.7. The molecule has 0 amide bonds. The minimum Gasteiger partial charge on any atom is -0.432 e. The van der Waals surface area contributed by atoms with E-state index >= 15 is 0 Å². The largest absolute Gasteiger partial charge is 0.432 e. The summed E-state index contributed by atoms with van der Waals surface area (Å²) in [5.41, 5.74) is 0.648. The molecule has 5 nitrogen and oxygen atoms in total. The van der Waals surface area contributed by atoms with Crippen molar-refractivity contribution in [1.82, 2.24) is 4.90 Å². The molecule has 1 aromatic carbocycles. The van der Waals surface area contributed by atoms with Gasteiger partial charge in [-0.2, -0.15) is 8.78 Å². The van der Waals surface area contributed by atoms with Crippen LogP contribution in [0.25, 0.3) is 0 Å². The Labute approximate surface area is 109 Å². The quantitative estimate of drug-likeness (QED) is 0.789. The molecular weight excluding hydrogens is 256 g/mol. The molecule has 0 atom stereocenters. The van der Waals surface area contributed by atoms with E-state index in [1.54, 1.807) is 6.07 Å². The molecular formula is C12H15F2N3O2. The van der Waals surface area contributed by atoms with Crippen LogP contribution in [0.4, 0.5) is 20.2 Å². The number of ether oxygens (including phenoxy) is 1. The molecule has 0 radical (unpaired) electrons. The maximum Gasteiger partial charge on any atom is 0.387 e. The molecule has 1 aliphatic heterocycles. The number of halogens is 2. The van der Waals surface area contributed by atoms with Crippen molar-refractivity contribution in [2.45, 2.75) is 6.61 Å². The Hall–Kier alpha value is -1.76. The van der Waals surface area contributed by atoms with Crippen LogP contribution >= 0.6 is 0 Å². The van der Waals surface area contributed by atoms with Crippen LogP contribution in [0.15, 0.2) is 23.4 Å². The maximum absolute atomic E-state index is 12.3. The minimum atomic E-state index is -2.97. The number of hydrogen-bond donors (Lipinski definition) is 0. The molecule has 1 aliphatic rings. The van der Waals surface area contributed by atoms with Crippen molar-refractivity contribution in [1.29, 1.82) is 0 Å². The highest BCUT2D eigenvalue weighted by Crippen LogP contribution is 2.33. The van der Waals surface area contributed by atoms with E-state index in [0.717, 1.165) is 31.9 Å². The summed E-state index contributed by atoms with van der Waals surface area (Å²) in [6, 6.07) is 4.53. The molecule has 2 rings (SSSR count). The van der Waals surface area contributed by atoms with Gasteiger partial charge in [-0.15, -0.1) is 4.91 Å². The first-order valence-electron chi connectivity index (χ1n) is 5.96. The smallest absolute Gasteiger partial charge is 0.387 e. The Kier molecular flexibility index (Phi) is 4.26. The van der Waals surface area contributed by atoms with Gasteiger partial charge in [-0.25, -0.2) is 0 Å². The van der Waals surface area contributed by atoms with E-state index < -0.39 is 6.61 Å². The average molecular weight is 271 g/mol. The first kappa shape index (κ1) is 13.7. The Morgan fingerprint density at radius 2 is 1.95 bits per heavy atom. The van der Waals surface area contributed by atoms with Crippen LogP contribution in [0.3, 0.4) is 0 Å². The maximum atomic E-state index is 12.3. The second kappa shape index (κ2) is 5.92. The van der Waals surface area contributed by atoms with Gasteiger partial charge in [0.25, 0.3) is 0 Å². The van der Waals surface area contributed by atoms with Crippen molar-refractivity contribution in [3.8, 4) is 5.75 Å². The fourth-order valence-corrected chi connectivity index (χ4v) is 2.03. The molecule has 0 saturated carbocycles. The van der Waals surface area contributed by atoms with Gasteiger partial charge in [-0.05, 0) is 24.4 Å². The molecule has 7 heteroatoms. The molecule has 104 valence electrons. The van der Waals surface area contributed by atoms with Gasteiger partial charge in [0, 0.05) is 37.9 Å². The van der Waals surface area contributed by atoms with Gasteiger partial charge in [-0.3, -0.25) is 0 Å². The van der Waals surface area contributed by atoms with Crippen molar-refractivity contribution in [2.75, 3.05) is 38.1 Å². The zero-order chi connectivity index (χ0) is 13.8. The number of piperazine rings is 1. The van der Waals surface area contributed by atoms with Gasteiger partial charge < -0.3 is 14.5 Å². The lowest BCUT2D eigenvalue weighted by atomic mass is 10.2. The third-order valence-corrected chi connectivity index (χ3v) is 3.13. The Morgan fingerprint density at radius 3 is 2.53 bits per heavy atom. The van der Waals surface area contributed by atoms with Crippen LogP contribution in [-0.2, 0) is 0 Å². The number of nitrogens with zero attached hydrogens (tertiary/aromatic N) is 3. The van der Waals surface area contributed by atoms with E-state index in [-0.39, 0.29) is 11.4 Å². The van der Waals surface area contributed by atoms with Crippen molar-refractivity contribution in [3.63, 3.8) is 0 Å². The summed E-state index contributed by atoms with van der Waals surface area (Å²) >= 11 is 0. The van der Waals surface area contributed by atoms with Crippen molar-refractivity contribution >= 4 is 11.4 Å². The summed E-state index contributed by atoms with van der Waals surface area (Å²) in [5.74, 6) is -0.179. The van der Waals surface area contributed by atoms with Crippen molar-refractivity contribution < 1.29 is 13.5 Å². The number of anilines is 1. The van der Waals surface area contributed by atoms with Gasteiger partial charge >= 0.3 is 6.61 Å². The van der Waals surface area contributed by atoms with Gasteiger partial charge in [0.1, 0.15) is 5.69 Å². The average Bonchev–Trinajstić information content (AvgIpc) is 2.39. The van der Waals surface area contributed by atoms with E-state index in [2.05, 4.69) is 19.7 Å². The highest BCUT2D eigenvalue weighted by atomic mass is 19.3. The van der Waals surface area contributed by atoms with E-state index in [1.807, 2.05) is 7.05 Å². The summed E-state index contributed by atoms with van der Waals surface area (Å²) in [6.07, 6.45) is 0. The number of hydrogen-bond acceptors (Lipinski definition) is 5. The van der Waals surface area contributed by atoms with E-state index in [9.17, 15) is 13.7 Å². The molecule has 1 aromatic rings. The fourth-order valence-electron chi connectivity index (χ4n) is 2.03. The number of nitroso groups, excluding NO2 is 1. The summed E-state index contributed by atoms with van der Waals surface area (Å²) in [6.45, 7) is 0.442. The summed E-state index contributed by atoms with van der Waals surface area (Å²) in [4.78, 5) is 14.8. The summed E-state index contributed by atoms with van der Waals surface area (Å²) in [5, 5.41) is 2.69. The van der Waals surface area contributed by atoms with Crippen LogP contribution in [0, 0.1) is 4.91 Å². The van der Waals surface area contributed by atoms with Crippen molar-refractivity contribution in [2.24, 2.45) is 5.18 Å². The topological polar surface area (TPSA) is 45.1 Å². The molecule has 0 N–H and O–H groups in total. The second-order valence-electron chi connectivity index (χ2n) is 4.41. The van der Waals surface area contributed by atoms with Gasteiger partial charge in [0.15, 0.2) is 5.75 Å². The predicted molar refractivity (Wildman–Crippen MR) is 68.2 cm³/mol. The first-order chi connectivity index (χ1) is 9.10. The monoisotopic (exact) mass is 271 g/mol. The standard InChI is InChI=1S/C12H15F2N3O2/c1-16-4-6-17(7-5-16)9-2-3-10(15-18)11(8-9)19-12(13)14/h2-3,8,12H,4-7H2,1H3. The molecule has 1 heterocycles. The van der Waals surface area contributed by atoms with Crippen LogP contribution in [0.5, 0.6) is 5.75 Å². The Bertz CT molecular complexity index is 449. The number of likely N-dealkylation sites (N-methyl/N-ethyl adjacent to an activating group) is 1. The number of rotatable bonds is 4. The highest BCUT2D eigenvalue weighted by Gasteiger charge is 2.17. The molecule has 0 aromatic heterocycles. The van der Waals surface area contributed by atoms with Crippen LogP contribution < -0.4 is 9.64 Å². The van der Waals surface area contributed by atoms with Gasteiger partial charge in [-0.1, -0.05) is 0 Å². The third-order valence-electron chi connectivity index (χ3n) is 3.13. The van der Waals surface area contributed by atoms with Crippen LogP contribution in [0.2, 0.25) is 0 Å². The Morgan fingerprint density at radius 1 is 1.26 bits per heavy atom. The van der Waals surface area contributed by atoms with Crippen LogP contribution in [-0.4, -0.2) is 44.7 Å². The zero-order valence-electron chi connectivity index (χ0n) is 10.6. The molecule has 1 saturated heterocycles. The number of benzene rings is 1. The fraction of sp³-hybridized carbons (Fsp3) is 0.500. The lowest BCUT2D eigenvalue weighted by Crippen LogP contribution is -2.44. The molecule has 0 aliphatic carbocycles. The molecule has 0 unspecified atom stereocenters. The highest BCUT2D eigenvalue weighted by molar-refractivity contribution is 5.62. The molecule has 0 bridgehead atoms. The first-order valence-corrected chi connectivity index (χ1v) is 5.96. The van der Waals surface area contributed by atoms with E-state index in [0.29, 0.717) is 0 Å². The van der Waals surface area contributed by atoms with Gasteiger partial charge in [0.2, 0.25) is 0 Å². The second-order valence-corrected chi connectivity index (χ2v) is 4.41. The van der Waals surface area contributed by atoms with Crippen LogP contribution in [0.1, 0.15) is 0 Å². The zero-order valence-corrected chi connectivity index (χ0v) is 10.6. The summed E-state index contributed by atoms with van der Waals surface area (Å²) in [7, 11) is 2.03. The van der Waals surface area contributed by atoms with Gasteiger partial charge in [0.05, 0.1) is 0 Å². The van der Waals surface area contributed by atoms with Crippen molar-refractivity contribution in [3.05, 3.63) is 23.1 Å². The molecule has 19 heavy (non-hydrogen) atoms. The third kappa shape index (κ3) is 3.37. The molecule has 1 fully saturated rings. The lowest BCUT2D eigenvalue weighted by Gasteiger charge is -2.34. The molecule has 0 spiro atoms. The number of alkyl halides is 2. The minimum absolute atomic E-state index is 0.113. The Balaban J connectivity index is 2.19. The SMILES string of the molecule is CN1CCN(c2ccc(N=O)c(OC(F)F)c2)CC1.